The van der Waals surface area contributed by atoms with Crippen LogP contribution in [-0.2, 0) is 9.63 Å². The molecule has 0 unspecified atom stereocenters. The van der Waals surface area contributed by atoms with Crippen molar-refractivity contribution in [2.75, 3.05) is 20.1 Å². The van der Waals surface area contributed by atoms with E-state index in [1.807, 2.05) is 7.05 Å². The molecule has 5 rings (SSSR count). The van der Waals surface area contributed by atoms with E-state index in [1.54, 1.807) is 30.3 Å². The molecule has 2 aliphatic rings. The predicted molar refractivity (Wildman–Crippen MR) is 111 cm³/mol. The van der Waals surface area contributed by atoms with Crippen LogP contribution in [0.4, 0.5) is 13.2 Å². The van der Waals surface area contributed by atoms with E-state index in [1.165, 1.54) is 6.07 Å². The van der Waals surface area contributed by atoms with Crippen LogP contribution in [0.25, 0.3) is 11.3 Å². The molecule has 0 atom stereocenters. The molecule has 2 aromatic heterocycles. The SMILES string of the molecule is CN1CC(c2nnc(C3CC(N(OC(=O)C(F)(F)F)C(=O)c4cc(-c5ccccc5)no4)C3)o2)C1. The summed E-state index contributed by atoms with van der Waals surface area (Å²) < 4.78 is 49.5. The molecule has 1 saturated heterocycles. The predicted octanol–water partition coefficient (Wildman–Crippen LogP) is 3.16. The van der Waals surface area contributed by atoms with Gasteiger partial charge in [0.2, 0.25) is 17.5 Å². The van der Waals surface area contributed by atoms with E-state index in [-0.39, 0.29) is 30.4 Å². The molecule has 3 aromatic rings. The molecule has 2 fully saturated rings. The van der Waals surface area contributed by atoms with Crippen molar-refractivity contribution in [1.82, 2.24) is 25.3 Å². The van der Waals surface area contributed by atoms with Crippen molar-refractivity contribution in [3.8, 4) is 11.3 Å². The van der Waals surface area contributed by atoms with Gasteiger partial charge < -0.3 is 18.7 Å². The number of hydrogen-bond donors (Lipinski definition) is 0. The molecule has 13 heteroatoms. The van der Waals surface area contributed by atoms with Gasteiger partial charge in [-0.25, -0.2) is 4.79 Å². The average Bonchev–Trinajstić information content (AvgIpc) is 3.45. The minimum absolute atomic E-state index is 0.146. The number of alkyl halides is 3. The van der Waals surface area contributed by atoms with Crippen LogP contribution >= 0.6 is 0 Å². The molecule has 1 amide bonds. The first-order valence-corrected chi connectivity index (χ1v) is 10.9. The van der Waals surface area contributed by atoms with E-state index in [2.05, 4.69) is 25.1 Å². The largest absolute Gasteiger partial charge is 0.493 e. The Balaban J connectivity index is 1.30. The van der Waals surface area contributed by atoms with Crippen LogP contribution < -0.4 is 0 Å². The van der Waals surface area contributed by atoms with Crippen molar-refractivity contribution >= 4 is 11.9 Å². The molecule has 0 radical (unpaired) electrons. The van der Waals surface area contributed by atoms with Crippen molar-refractivity contribution in [2.45, 2.75) is 36.9 Å². The third-order valence-corrected chi connectivity index (χ3v) is 6.07. The fourth-order valence-corrected chi connectivity index (χ4v) is 4.07. The summed E-state index contributed by atoms with van der Waals surface area (Å²) in [7, 11) is 1.97. The molecule has 0 bridgehead atoms. The zero-order chi connectivity index (χ0) is 24.7. The van der Waals surface area contributed by atoms with E-state index in [0.717, 1.165) is 13.1 Å². The molecule has 184 valence electrons. The maximum Gasteiger partial charge on any atom is 0.493 e. The lowest BCUT2D eigenvalue weighted by Crippen LogP contribution is -2.49. The molecule has 1 aromatic carbocycles. The van der Waals surface area contributed by atoms with E-state index in [0.29, 0.717) is 28.1 Å². The van der Waals surface area contributed by atoms with Crippen LogP contribution in [0.15, 0.2) is 45.3 Å². The maximum absolute atomic E-state index is 13.0. The molecule has 1 saturated carbocycles. The number of rotatable bonds is 5. The number of nitrogens with zero attached hydrogens (tertiary/aromatic N) is 5. The highest BCUT2D eigenvalue weighted by Crippen LogP contribution is 2.41. The van der Waals surface area contributed by atoms with Gasteiger partial charge in [0.1, 0.15) is 5.69 Å². The Morgan fingerprint density at radius 3 is 2.37 bits per heavy atom. The first kappa shape index (κ1) is 23.0. The number of hydrogen-bond acceptors (Lipinski definition) is 9. The second-order valence-electron chi connectivity index (χ2n) is 8.67. The lowest BCUT2D eigenvalue weighted by atomic mass is 9.80. The summed E-state index contributed by atoms with van der Waals surface area (Å²) in [4.78, 5) is 31.1. The number of likely N-dealkylation sites (tertiary alicyclic amines) is 1. The quantitative estimate of drug-likeness (QED) is 0.497. The minimum Gasteiger partial charge on any atom is -0.425 e. The van der Waals surface area contributed by atoms with Crippen molar-refractivity contribution in [1.29, 1.82) is 0 Å². The molecule has 3 heterocycles. The van der Waals surface area contributed by atoms with Gasteiger partial charge in [-0.15, -0.1) is 10.2 Å². The van der Waals surface area contributed by atoms with Gasteiger partial charge in [0.15, 0.2) is 0 Å². The highest BCUT2D eigenvalue weighted by molar-refractivity contribution is 5.93. The van der Waals surface area contributed by atoms with Crippen molar-refractivity contribution in [3.63, 3.8) is 0 Å². The smallest absolute Gasteiger partial charge is 0.425 e. The minimum atomic E-state index is -5.28. The van der Waals surface area contributed by atoms with Crippen molar-refractivity contribution in [2.24, 2.45) is 0 Å². The summed E-state index contributed by atoms with van der Waals surface area (Å²) in [6.07, 6.45) is -4.94. The number of aromatic nitrogens is 3. The third-order valence-electron chi connectivity index (χ3n) is 6.07. The van der Waals surface area contributed by atoms with E-state index < -0.39 is 24.1 Å². The van der Waals surface area contributed by atoms with Gasteiger partial charge >= 0.3 is 18.1 Å². The number of halogens is 3. The Bertz CT molecular complexity index is 1220. The molecule has 35 heavy (non-hydrogen) atoms. The summed E-state index contributed by atoms with van der Waals surface area (Å²) >= 11 is 0. The standard InChI is InChI=1S/C22H20F3N5O5/c1-29-10-14(11-29)19-27-26-18(33-19)13-7-15(8-13)30(35-21(32)22(23,24)25)20(31)17-9-16(28-34-17)12-5-3-2-4-6-12/h2-6,9,13-15H,7-8,10-11H2,1H3. The van der Waals surface area contributed by atoms with Gasteiger partial charge in [-0.05, 0) is 19.9 Å². The molecule has 0 spiro atoms. The summed E-state index contributed by atoms with van der Waals surface area (Å²) in [5.41, 5.74) is 0.949. The highest BCUT2D eigenvalue weighted by Gasteiger charge is 2.48. The van der Waals surface area contributed by atoms with Crippen LogP contribution in [0.5, 0.6) is 0 Å². The van der Waals surface area contributed by atoms with Crippen LogP contribution in [0.2, 0.25) is 0 Å². The monoisotopic (exact) mass is 491 g/mol. The number of benzene rings is 1. The highest BCUT2D eigenvalue weighted by atomic mass is 19.4. The zero-order valence-corrected chi connectivity index (χ0v) is 18.4. The van der Waals surface area contributed by atoms with Gasteiger partial charge in [-0.3, -0.25) is 4.79 Å². The Morgan fingerprint density at radius 1 is 1.09 bits per heavy atom. The van der Waals surface area contributed by atoms with Gasteiger partial charge in [-0.2, -0.15) is 18.2 Å². The fraction of sp³-hybridized carbons (Fsp3) is 0.409. The Hall–Kier alpha value is -3.74. The second kappa shape index (κ2) is 8.80. The molecule has 1 aliphatic heterocycles. The third kappa shape index (κ3) is 4.63. The molecule has 1 aliphatic carbocycles. The summed E-state index contributed by atoms with van der Waals surface area (Å²) in [5.74, 6) is -3.21. The number of carbonyl (C=O) groups excluding carboxylic acids is 2. The first-order valence-electron chi connectivity index (χ1n) is 10.9. The fourth-order valence-electron chi connectivity index (χ4n) is 4.07. The summed E-state index contributed by atoms with van der Waals surface area (Å²) in [6, 6.07) is 9.19. The van der Waals surface area contributed by atoms with Crippen LogP contribution in [-0.4, -0.2) is 69.5 Å². The van der Waals surface area contributed by atoms with Gasteiger partial charge in [0.05, 0.1) is 12.0 Å². The van der Waals surface area contributed by atoms with Gasteiger partial charge in [0, 0.05) is 30.6 Å². The van der Waals surface area contributed by atoms with E-state index >= 15 is 0 Å². The van der Waals surface area contributed by atoms with Crippen molar-refractivity contribution in [3.05, 3.63) is 53.9 Å². The van der Waals surface area contributed by atoms with E-state index in [9.17, 15) is 22.8 Å². The number of hydroxylamine groups is 2. The summed E-state index contributed by atoms with van der Waals surface area (Å²) in [5, 5.41) is 12.3. The molecular formula is C22H20F3N5O5. The van der Waals surface area contributed by atoms with Crippen LogP contribution in [0.1, 0.15) is 47.0 Å². The van der Waals surface area contributed by atoms with Gasteiger partial charge in [0.25, 0.3) is 0 Å². The average molecular weight is 491 g/mol. The number of likely N-dealkylation sites (N-methyl/N-ethyl adjacent to an activating group) is 1. The lowest BCUT2D eigenvalue weighted by Gasteiger charge is -2.39. The molecule has 0 N–H and O–H groups in total. The topological polar surface area (TPSA) is 115 Å². The van der Waals surface area contributed by atoms with E-state index in [4.69, 9.17) is 8.94 Å². The normalized spacial score (nSPS) is 20.7. The lowest BCUT2D eigenvalue weighted by molar-refractivity contribution is -0.238. The maximum atomic E-state index is 13.0. The van der Waals surface area contributed by atoms with Crippen molar-refractivity contribution < 1.29 is 36.5 Å². The summed E-state index contributed by atoms with van der Waals surface area (Å²) in [6.45, 7) is 1.60. The Labute approximate surface area is 196 Å². The van der Waals surface area contributed by atoms with Gasteiger partial charge in [-0.1, -0.05) is 35.5 Å². The molecule has 10 nitrogen and oxygen atoms in total. The zero-order valence-electron chi connectivity index (χ0n) is 18.4. The molecular weight excluding hydrogens is 471 g/mol. The number of amides is 1. The number of carbonyl (C=O) groups is 2. The van der Waals surface area contributed by atoms with Crippen LogP contribution in [0, 0.1) is 0 Å². The Kier molecular flexibility index (Phi) is 5.79. The first-order chi connectivity index (χ1) is 16.7. The van der Waals surface area contributed by atoms with Crippen LogP contribution in [0.3, 0.4) is 0 Å². The Morgan fingerprint density at radius 2 is 1.74 bits per heavy atom. The second-order valence-corrected chi connectivity index (χ2v) is 8.67.